The van der Waals surface area contributed by atoms with Crippen LogP contribution in [0.15, 0.2) is 6.07 Å². The van der Waals surface area contributed by atoms with Crippen molar-refractivity contribution in [2.45, 2.75) is 32.1 Å². The number of carbonyl (C=O) groups is 1. The Labute approximate surface area is 112 Å². The maximum absolute atomic E-state index is 11.3. The minimum Gasteiger partial charge on any atom is -0.369 e. The van der Waals surface area contributed by atoms with Crippen LogP contribution < -0.4 is 21.9 Å². The Morgan fingerprint density at radius 1 is 1.42 bits per heavy atom. The first-order chi connectivity index (χ1) is 9.22. The number of anilines is 2. The van der Waals surface area contributed by atoms with Gasteiger partial charge in [-0.1, -0.05) is 0 Å². The third-order valence-electron chi connectivity index (χ3n) is 2.87. The number of nitrogen functional groups attached to an aromatic ring is 1. The van der Waals surface area contributed by atoms with Crippen LogP contribution in [0.4, 0.5) is 11.6 Å². The van der Waals surface area contributed by atoms with Crippen LogP contribution in [0.1, 0.15) is 37.9 Å². The van der Waals surface area contributed by atoms with Crippen LogP contribution in [0.3, 0.4) is 0 Å². The third kappa shape index (κ3) is 4.06. The quantitative estimate of drug-likeness (QED) is 0.424. The van der Waals surface area contributed by atoms with Gasteiger partial charge in [0, 0.05) is 31.5 Å². The molecule has 1 aromatic heterocycles. The van der Waals surface area contributed by atoms with Crippen molar-refractivity contribution in [2.75, 3.05) is 23.8 Å². The molecule has 0 aliphatic heterocycles. The highest BCUT2D eigenvalue weighted by molar-refractivity contribution is 5.76. The van der Waals surface area contributed by atoms with Crippen molar-refractivity contribution in [1.29, 1.82) is 0 Å². The van der Waals surface area contributed by atoms with Gasteiger partial charge in [0.1, 0.15) is 17.5 Å². The zero-order valence-electron chi connectivity index (χ0n) is 11.1. The van der Waals surface area contributed by atoms with E-state index in [9.17, 15) is 4.79 Å². The molecule has 0 radical (unpaired) electrons. The van der Waals surface area contributed by atoms with Crippen molar-refractivity contribution in [3.63, 3.8) is 0 Å². The lowest BCUT2D eigenvalue weighted by atomic mass is 10.3. The van der Waals surface area contributed by atoms with Gasteiger partial charge in [0.25, 0.3) is 0 Å². The molecule has 104 valence electrons. The normalized spacial score (nSPS) is 14.0. The van der Waals surface area contributed by atoms with Crippen molar-refractivity contribution >= 4 is 17.5 Å². The van der Waals surface area contributed by atoms with Crippen LogP contribution in [0, 0.1) is 0 Å². The number of hydrogen-bond donors (Lipinski definition) is 4. The standard InChI is InChI=1S/C12H20N6O/c1-2-14-11(19)5-6-15-9-7-10(18-13)17-12(16-9)8-3-4-8/h7-8H,2-6,13H2,1H3,(H,14,19)(H2,15,16,17,18). The predicted molar refractivity (Wildman–Crippen MR) is 73.6 cm³/mol. The molecule has 5 N–H and O–H groups in total. The first-order valence-electron chi connectivity index (χ1n) is 6.59. The molecule has 0 spiro atoms. The van der Waals surface area contributed by atoms with Crippen molar-refractivity contribution in [2.24, 2.45) is 5.84 Å². The summed E-state index contributed by atoms with van der Waals surface area (Å²) in [5.74, 6) is 7.99. The number of rotatable bonds is 7. The molecular formula is C12H20N6O. The summed E-state index contributed by atoms with van der Waals surface area (Å²) in [5.41, 5.74) is 2.54. The zero-order valence-corrected chi connectivity index (χ0v) is 11.1. The molecule has 1 aliphatic carbocycles. The molecule has 19 heavy (non-hydrogen) atoms. The molecule has 1 aliphatic rings. The maximum atomic E-state index is 11.3. The van der Waals surface area contributed by atoms with Crippen LogP contribution in [0.25, 0.3) is 0 Å². The van der Waals surface area contributed by atoms with Crippen molar-refractivity contribution in [3.8, 4) is 0 Å². The van der Waals surface area contributed by atoms with Crippen LogP contribution >= 0.6 is 0 Å². The summed E-state index contributed by atoms with van der Waals surface area (Å²) in [4.78, 5) is 20.1. The fourth-order valence-electron chi connectivity index (χ4n) is 1.74. The van der Waals surface area contributed by atoms with Crippen molar-refractivity contribution < 1.29 is 4.79 Å². The summed E-state index contributed by atoms with van der Waals surface area (Å²) in [6.07, 6.45) is 2.68. The van der Waals surface area contributed by atoms with Gasteiger partial charge in [-0.2, -0.15) is 0 Å². The molecular weight excluding hydrogens is 244 g/mol. The van der Waals surface area contributed by atoms with Crippen molar-refractivity contribution in [3.05, 3.63) is 11.9 Å². The number of hydrazine groups is 1. The van der Waals surface area contributed by atoms with E-state index in [1.807, 2.05) is 6.92 Å². The molecule has 2 rings (SSSR count). The molecule has 1 fully saturated rings. The van der Waals surface area contributed by atoms with Gasteiger partial charge >= 0.3 is 0 Å². The van der Waals surface area contributed by atoms with E-state index in [4.69, 9.17) is 5.84 Å². The molecule has 7 nitrogen and oxygen atoms in total. The van der Waals surface area contributed by atoms with E-state index in [-0.39, 0.29) is 5.91 Å². The van der Waals surface area contributed by atoms with E-state index in [0.29, 0.717) is 37.1 Å². The molecule has 7 heteroatoms. The maximum Gasteiger partial charge on any atom is 0.221 e. The lowest BCUT2D eigenvalue weighted by molar-refractivity contribution is -0.120. The van der Waals surface area contributed by atoms with Gasteiger partial charge in [-0.05, 0) is 19.8 Å². The molecule has 0 bridgehead atoms. The number of nitrogens with zero attached hydrogens (tertiary/aromatic N) is 2. The van der Waals surface area contributed by atoms with Crippen LogP contribution in [-0.2, 0) is 4.79 Å². The first-order valence-corrected chi connectivity index (χ1v) is 6.59. The average molecular weight is 264 g/mol. The molecule has 0 saturated heterocycles. The monoisotopic (exact) mass is 264 g/mol. The van der Waals surface area contributed by atoms with E-state index in [0.717, 1.165) is 18.7 Å². The second-order valence-electron chi connectivity index (χ2n) is 4.55. The summed E-state index contributed by atoms with van der Waals surface area (Å²) in [6.45, 7) is 3.09. The van der Waals surface area contributed by atoms with Crippen molar-refractivity contribution in [1.82, 2.24) is 15.3 Å². The Morgan fingerprint density at radius 2 is 2.16 bits per heavy atom. The van der Waals surface area contributed by atoms with Gasteiger partial charge in [-0.25, -0.2) is 15.8 Å². The summed E-state index contributed by atoms with van der Waals surface area (Å²) in [6, 6.07) is 1.74. The van der Waals surface area contributed by atoms with Gasteiger partial charge < -0.3 is 16.1 Å². The Hall–Kier alpha value is -1.89. The van der Waals surface area contributed by atoms with Crippen LogP contribution in [0.2, 0.25) is 0 Å². The molecule has 1 heterocycles. The molecule has 0 unspecified atom stereocenters. The SMILES string of the molecule is CCNC(=O)CCNc1cc(NN)nc(C2CC2)n1. The largest absolute Gasteiger partial charge is 0.369 e. The topological polar surface area (TPSA) is 105 Å². The minimum atomic E-state index is 0.0312. The van der Waals surface area contributed by atoms with E-state index in [2.05, 4.69) is 26.0 Å². The zero-order chi connectivity index (χ0) is 13.7. The predicted octanol–water partition coefficient (Wildman–Crippen LogP) is 0.578. The van der Waals surface area contributed by atoms with Crippen LogP contribution in [0.5, 0.6) is 0 Å². The highest BCUT2D eigenvalue weighted by Crippen LogP contribution is 2.38. The first kappa shape index (κ1) is 13.5. The smallest absolute Gasteiger partial charge is 0.221 e. The highest BCUT2D eigenvalue weighted by atomic mass is 16.1. The Morgan fingerprint density at radius 3 is 2.79 bits per heavy atom. The summed E-state index contributed by atoms with van der Waals surface area (Å²) in [5, 5.41) is 5.87. The number of amides is 1. The van der Waals surface area contributed by atoms with Gasteiger partial charge in [-0.15, -0.1) is 0 Å². The van der Waals surface area contributed by atoms with E-state index in [1.54, 1.807) is 6.07 Å². The van der Waals surface area contributed by atoms with Gasteiger partial charge in [0.15, 0.2) is 0 Å². The van der Waals surface area contributed by atoms with Gasteiger partial charge in [0.05, 0.1) is 0 Å². The molecule has 1 amide bonds. The molecule has 1 aromatic rings. The number of nitrogens with two attached hydrogens (primary N) is 1. The highest BCUT2D eigenvalue weighted by Gasteiger charge is 2.27. The summed E-state index contributed by atoms with van der Waals surface area (Å²) < 4.78 is 0. The minimum absolute atomic E-state index is 0.0312. The molecule has 0 atom stereocenters. The number of hydrogen-bond acceptors (Lipinski definition) is 6. The van der Waals surface area contributed by atoms with Gasteiger partial charge in [-0.3, -0.25) is 4.79 Å². The Kier molecular flexibility index (Phi) is 4.51. The number of carbonyl (C=O) groups excluding carboxylic acids is 1. The fraction of sp³-hybridized carbons (Fsp3) is 0.583. The molecule has 1 saturated carbocycles. The number of nitrogens with one attached hydrogen (secondary N) is 3. The number of aromatic nitrogens is 2. The third-order valence-corrected chi connectivity index (χ3v) is 2.87. The second kappa shape index (κ2) is 6.33. The van der Waals surface area contributed by atoms with Crippen LogP contribution in [-0.4, -0.2) is 29.0 Å². The lowest BCUT2D eigenvalue weighted by Gasteiger charge is -2.09. The van der Waals surface area contributed by atoms with E-state index < -0.39 is 0 Å². The second-order valence-corrected chi connectivity index (χ2v) is 4.55. The van der Waals surface area contributed by atoms with Gasteiger partial charge in [0.2, 0.25) is 5.91 Å². The Balaban J connectivity index is 1.91. The average Bonchev–Trinajstić information content (AvgIpc) is 3.23. The molecule has 0 aromatic carbocycles. The summed E-state index contributed by atoms with van der Waals surface area (Å²) >= 11 is 0. The lowest BCUT2D eigenvalue weighted by Crippen LogP contribution is -2.25. The summed E-state index contributed by atoms with van der Waals surface area (Å²) in [7, 11) is 0. The van der Waals surface area contributed by atoms with E-state index >= 15 is 0 Å². The Bertz CT molecular complexity index is 446. The van der Waals surface area contributed by atoms with E-state index in [1.165, 1.54) is 0 Å². The fourth-order valence-corrected chi connectivity index (χ4v) is 1.74.